The molecule has 2 amide bonds. The molecule has 1 aromatic rings. The van der Waals surface area contributed by atoms with Crippen LogP contribution in [0.15, 0.2) is 36.4 Å². The summed E-state index contributed by atoms with van der Waals surface area (Å²) in [6.45, 7) is 13.8. The van der Waals surface area contributed by atoms with E-state index in [0.717, 1.165) is 18.5 Å². The summed E-state index contributed by atoms with van der Waals surface area (Å²) in [4.78, 5) is 28.9. The van der Waals surface area contributed by atoms with Gasteiger partial charge in [-0.3, -0.25) is 19.8 Å². The minimum atomic E-state index is -0.461. The maximum atomic E-state index is 12.7. The third-order valence-electron chi connectivity index (χ3n) is 5.53. The topological polar surface area (TPSA) is 52.7 Å². The fourth-order valence-corrected chi connectivity index (χ4v) is 4.60. The summed E-state index contributed by atoms with van der Waals surface area (Å²) in [6.07, 6.45) is 4.29. The number of carbonyl (C=O) groups excluding carboxylic acids is 2. The molecule has 1 aromatic carbocycles. The Hall–Kier alpha value is -2.47. The van der Waals surface area contributed by atoms with E-state index in [1.807, 2.05) is 6.07 Å². The van der Waals surface area contributed by atoms with E-state index in [-0.39, 0.29) is 22.8 Å². The molecule has 1 N–H and O–H groups in total. The lowest BCUT2D eigenvalue weighted by atomic mass is 9.79. The van der Waals surface area contributed by atoms with Gasteiger partial charge < -0.3 is 4.90 Å². The van der Waals surface area contributed by atoms with Crippen molar-refractivity contribution in [1.29, 1.82) is 0 Å². The zero-order valence-electron chi connectivity index (χ0n) is 16.9. The van der Waals surface area contributed by atoms with Crippen LogP contribution in [0.2, 0.25) is 0 Å². The van der Waals surface area contributed by atoms with Crippen molar-refractivity contribution in [3.63, 3.8) is 0 Å². The van der Waals surface area contributed by atoms with E-state index in [9.17, 15) is 9.59 Å². The van der Waals surface area contributed by atoms with Crippen LogP contribution in [0.3, 0.4) is 0 Å². The van der Waals surface area contributed by atoms with Crippen molar-refractivity contribution in [2.45, 2.75) is 45.6 Å². The zero-order chi connectivity index (χ0) is 20.6. The lowest BCUT2D eigenvalue weighted by molar-refractivity contribution is -0.128. The first-order valence-electron chi connectivity index (χ1n) is 9.61. The number of thiocarbonyl (C=S) groups is 1. The van der Waals surface area contributed by atoms with Crippen LogP contribution < -0.4 is 10.2 Å². The molecule has 2 heterocycles. The number of hydrogen-bond acceptors (Lipinski definition) is 4. The summed E-state index contributed by atoms with van der Waals surface area (Å²) < 4.78 is 0. The van der Waals surface area contributed by atoms with Crippen LogP contribution in [0.4, 0.5) is 5.69 Å². The number of nitrogens with one attached hydrogen (secondary N) is 1. The van der Waals surface area contributed by atoms with E-state index in [0.29, 0.717) is 5.92 Å². The molecular weight excluding hydrogens is 370 g/mol. The third-order valence-corrected chi connectivity index (χ3v) is 5.86. The Morgan fingerprint density at radius 2 is 2.07 bits per heavy atom. The van der Waals surface area contributed by atoms with Gasteiger partial charge in [-0.15, -0.1) is 6.58 Å². The Morgan fingerprint density at radius 1 is 1.36 bits per heavy atom. The van der Waals surface area contributed by atoms with Gasteiger partial charge in [0.1, 0.15) is 5.57 Å². The van der Waals surface area contributed by atoms with E-state index < -0.39 is 11.8 Å². The van der Waals surface area contributed by atoms with Gasteiger partial charge in [-0.25, -0.2) is 0 Å². The van der Waals surface area contributed by atoms with Crippen LogP contribution in [-0.4, -0.2) is 40.5 Å². The lowest BCUT2D eigenvalue weighted by Crippen LogP contribution is -2.53. The second-order valence-corrected chi connectivity index (χ2v) is 8.39. The lowest BCUT2D eigenvalue weighted by Gasteiger charge is -2.47. The molecule has 3 rings (SSSR count). The largest absolute Gasteiger partial charge is 0.366 e. The highest BCUT2D eigenvalue weighted by Crippen LogP contribution is 2.43. The van der Waals surface area contributed by atoms with Crippen LogP contribution >= 0.6 is 12.2 Å². The number of hydrogen-bond donors (Lipinski definition) is 1. The Morgan fingerprint density at radius 3 is 2.71 bits per heavy atom. The smallest absolute Gasteiger partial charge is 0.265 e. The van der Waals surface area contributed by atoms with Crippen LogP contribution in [0.1, 0.15) is 51.2 Å². The summed E-state index contributed by atoms with van der Waals surface area (Å²) in [7, 11) is 0. The van der Waals surface area contributed by atoms with Crippen LogP contribution in [0, 0.1) is 0 Å². The van der Waals surface area contributed by atoms with E-state index in [1.54, 1.807) is 12.2 Å². The Bertz CT molecular complexity index is 888. The van der Waals surface area contributed by atoms with Gasteiger partial charge >= 0.3 is 0 Å². The standard InChI is InChI=1S/C22H27N3O2S/c1-6-10-24-20(27)17(19(26)23-21(24)28)12-15-8-9-18-16(11-15)14(3)13-22(4,5)25(18)7-2/h6,8-9,11-12,14H,1,7,10,13H2,2-5H3,(H,23,26,28)/b17-12+. The van der Waals surface area contributed by atoms with Crippen molar-refractivity contribution >= 4 is 40.9 Å². The Balaban J connectivity index is 2.00. The monoisotopic (exact) mass is 397 g/mol. The van der Waals surface area contributed by atoms with Crippen molar-refractivity contribution < 1.29 is 9.59 Å². The van der Waals surface area contributed by atoms with E-state index in [2.05, 4.69) is 56.6 Å². The quantitative estimate of drug-likeness (QED) is 0.365. The maximum absolute atomic E-state index is 12.7. The summed E-state index contributed by atoms with van der Waals surface area (Å²) in [5, 5.41) is 2.70. The fourth-order valence-electron chi connectivity index (χ4n) is 4.35. The molecule has 0 radical (unpaired) electrons. The van der Waals surface area contributed by atoms with Crippen LogP contribution in [-0.2, 0) is 9.59 Å². The molecule has 28 heavy (non-hydrogen) atoms. The zero-order valence-corrected chi connectivity index (χ0v) is 17.7. The van der Waals surface area contributed by atoms with Crippen LogP contribution in [0.5, 0.6) is 0 Å². The number of benzene rings is 1. The molecule has 5 nitrogen and oxygen atoms in total. The second kappa shape index (κ2) is 7.51. The SMILES string of the molecule is C=CCN1C(=O)/C(=C/c2ccc3c(c2)C(C)CC(C)(C)N3CC)C(=O)NC1=S. The maximum Gasteiger partial charge on any atom is 0.265 e. The molecule has 148 valence electrons. The first kappa shape index (κ1) is 20.3. The molecule has 0 spiro atoms. The van der Waals surface area contributed by atoms with Crippen molar-refractivity contribution in [2.24, 2.45) is 0 Å². The number of fused-ring (bicyclic) bond motifs is 1. The van der Waals surface area contributed by atoms with Gasteiger partial charge in [-0.05, 0) is 74.7 Å². The van der Waals surface area contributed by atoms with Gasteiger partial charge in [0.25, 0.3) is 11.8 Å². The van der Waals surface area contributed by atoms with Gasteiger partial charge in [0.2, 0.25) is 0 Å². The van der Waals surface area contributed by atoms with Crippen molar-refractivity contribution in [2.75, 3.05) is 18.0 Å². The molecule has 0 bridgehead atoms. The minimum Gasteiger partial charge on any atom is -0.366 e. The Labute approximate surface area is 172 Å². The first-order chi connectivity index (χ1) is 13.2. The van der Waals surface area contributed by atoms with E-state index >= 15 is 0 Å². The predicted molar refractivity (Wildman–Crippen MR) is 117 cm³/mol. The number of carbonyl (C=O) groups is 2. The van der Waals surface area contributed by atoms with Gasteiger partial charge in [0.05, 0.1) is 0 Å². The minimum absolute atomic E-state index is 0.0894. The molecule has 0 aliphatic carbocycles. The van der Waals surface area contributed by atoms with E-state index in [4.69, 9.17) is 12.2 Å². The molecule has 1 unspecified atom stereocenters. The molecule has 2 aliphatic rings. The van der Waals surface area contributed by atoms with Crippen molar-refractivity contribution in [1.82, 2.24) is 10.2 Å². The molecule has 1 saturated heterocycles. The molecular formula is C22H27N3O2S. The number of rotatable bonds is 4. The molecule has 2 aliphatic heterocycles. The fraction of sp³-hybridized carbons (Fsp3) is 0.409. The highest BCUT2D eigenvalue weighted by atomic mass is 32.1. The van der Waals surface area contributed by atoms with Crippen molar-refractivity contribution in [3.05, 3.63) is 47.6 Å². The number of nitrogens with zero attached hydrogens (tertiary/aromatic N) is 2. The third kappa shape index (κ3) is 3.49. The van der Waals surface area contributed by atoms with Gasteiger partial charge in [0.15, 0.2) is 5.11 Å². The van der Waals surface area contributed by atoms with E-state index in [1.165, 1.54) is 16.2 Å². The average molecular weight is 398 g/mol. The Kier molecular flexibility index (Phi) is 5.44. The molecule has 1 fully saturated rings. The molecule has 0 aromatic heterocycles. The highest BCUT2D eigenvalue weighted by Gasteiger charge is 2.36. The highest BCUT2D eigenvalue weighted by molar-refractivity contribution is 7.80. The normalized spacial score (nSPS) is 22.9. The number of amides is 2. The molecule has 6 heteroatoms. The molecule has 1 atom stereocenters. The van der Waals surface area contributed by atoms with Crippen LogP contribution in [0.25, 0.3) is 6.08 Å². The average Bonchev–Trinajstić information content (AvgIpc) is 2.62. The van der Waals surface area contributed by atoms with Crippen molar-refractivity contribution in [3.8, 4) is 0 Å². The van der Waals surface area contributed by atoms with Gasteiger partial charge in [-0.1, -0.05) is 19.1 Å². The van der Waals surface area contributed by atoms with Gasteiger partial charge in [-0.2, -0.15) is 0 Å². The summed E-state index contributed by atoms with van der Waals surface area (Å²) >= 11 is 5.10. The van der Waals surface area contributed by atoms with Gasteiger partial charge in [0, 0.05) is 24.3 Å². The summed E-state index contributed by atoms with van der Waals surface area (Å²) in [5.41, 5.74) is 3.50. The summed E-state index contributed by atoms with van der Waals surface area (Å²) in [5.74, 6) is -0.458. The predicted octanol–water partition coefficient (Wildman–Crippen LogP) is 3.61. The summed E-state index contributed by atoms with van der Waals surface area (Å²) in [6, 6.07) is 6.16. The molecule has 0 saturated carbocycles. The first-order valence-corrected chi connectivity index (χ1v) is 10.0. The number of anilines is 1. The second-order valence-electron chi connectivity index (χ2n) is 8.00.